The summed E-state index contributed by atoms with van der Waals surface area (Å²) in [6, 6.07) is 17.8. The molecule has 2 aromatic carbocycles. The Bertz CT molecular complexity index is 524. The van der Waals surface area contributed by atoms with E-state index in [2.05, 4.69) is 11.4 Å². The minimum atomic E-state index is 0.670. The topological polar surface area (TPSA) is 35.8 Å². The highest BCUT2D eigenvalue weighted by atomic mass is 14.9. The molecule has 0 heterocycles. The summed E-state index contributed by atoms with van der Waals surface area (Å²) in [4.78, 5) is 0. The molecule has 0 aliphatic carbocycles. The van der Waals surface area contributed by atoms with Crippen molar-refractivity contribution in [1.29, 1.82) is 5.26 Å². The van der Waals surface area contributed by atoms with Crippen molar-refractivity contribution in [1.82, 2.24) is 0 Å². The van der Waals surface area contributed by atoms with Crippen LogP contribution in [0.25, 0.3) is 0 Å². The molecule has 0 unspecified atom stereocenters. The molecular formula is C14H12N2. The molecule has 0 aliphatic rings. The van der Waals surface area contributed by atoms with Crippen LogP contribution in [0.15, 0.2) is 48.5 Å². The van der Waals surface area contributed by atoms with Crippen LogP contribution in [-0.4, -0.2) is 0 Å². The van der Waals surface area contributed by atoms with Crippen LogP contribution in [0.4, 0.5) is 11.4 Å². The Balaban J connectivity index is 2.32. The summed E-state index contributed by atoms with van der Waals surface area (Å²) < 4.78 is 0. The Kier molecular flexibility index (Phi) is 2.88. The zero-order valence-electron chi connectivity index (χ0n) is 9.07. The van der Waals surface area contributed by atoms with Gasteiger partial charge in [-0.3, -0.25) is 0 Å². The number of anilines is 2. The Hall–Kier alpha value is -2.27. The van der Waals surface area contributed by atoms with E-state index >= 15 is 0 Å². The average molecular weight is 208 g/mol. The first-order valence-corrected chi connectivity index (χ1v) is 5.12. The summed E-state index contributed by atoms with van der Waals surface area (Å²) >= 11 is 0. The first-order chi connectivity index (χ1) is 7.79. The zero-order chi connectivity index (χ0) is 11.4. The summed E-state index contributed by atoms with van der Waals surface area (Å²) in [6.07, 6.45) is 0. The summed E-state index contributed by atoms with van der Waals surface area (Å²) in [6.45, 7) is 1.98. The molecular weight excluding hydrogens is 196 g/mol. The van der Waals surface area contributed by atoms with Gasteiger partial charge in [-0.15, -0.1) is 0 Å². The molecule has 0 radical (unpaired) electrons. The molecule has 0 saturated carbocycles. The van der Waals surface area contributed by atoms with Crippen molar-refractivity contribution in [3.63, 3.8) is 0 Å². The molecule has 0 aromatic heterocycles. The molecule has 0 spiro atoms. The first-order valence-electron chi connectivity index (χ1n) is 5.12. The molecule has 2 nitrogen and oxygen atoms in total. The fourth-order valence-electron chi connectivity index (χ4n) is 1.54. The highest BCUT2D eigenvalue weighted by molar-refractivity contribution is 5.66. The number of hydrogen-bond donors (Lipinski definition) is 1. The number of nitrogens with one attached hydrogen (secondary N) is 1. The van der Waals surface area contributed by atoms with Crippen molar-refractivity contribution in [2.75, 3.05) is 5.32 Å². The number of aryl methyl sites for hydroxylation is 1. The second kappa shape index (κ2) is 4.50. The fourth-order valence-corrected chi connectivity index (χ4v) is 1.54. The Labute approximate surface area is 95.2 Å². The van der Waals surface area contributed by atoms with Gasteiger partial charge in [-0.05, 0) is 36.8 Å². The van der Waals surface area contributed by atoms with Crippen LogP contribution in [0.5, 0.6) is 0 Å². The van der Waals surface area contributed by atoms with Crippen LogP contribution < -0.4 is 5.32 Å². The summed E-state index contributed by atoms with van der Waals surface area (Å²) in [5.41, 5.74) is 3.60. The van der Waals surface area contributed by atoms with E-state index < -0.39 is 0 Å². The Morgan fingerprint density at radius 3 is 2.50 bits per heavy atom. The third kappa shape index (κ3) is 2.21. The maximum atomic E-state index is 9.03. The molecule has 1 N–H and O–H groups in total. The van der Waals surface area contributed by atoms with E-state index in [0.29, 0.717) is 5.56 Å². The highest BCUT2D eigenvalue weighted by Crippen LogP contribution is 2.21. The highest BCUT2D eigenvalue weighted by Gasteiger charge is 2.01. The molecule has 0 atom stereocenters. The third-order valence-electron chi connectivity index (χ3n) is 2.35. The second-order valence-corrected chi connectivity index (χ2v) is 3.65. The predicted molar refractivity (Wildman–Crippen MR) is 65.6 cm³/mol. The van der Waals surface area contributed by atoms with Crippen LogP contribution in [0.3, 0.4) is 0 Å². The van der Waals surface area contributed by atoms with Crippen molar-refractivity contribution >= 4 is 11.4 Å². The maximum Gasteiger partial charge on any atom is 0.101 e. The molecule has 78 valence electrons. The SMILES string of the molecule is Cc1ccc(Nc2ccccc2)c(C#N)c1. The van der Waals surface area contributed by atoms with Crippen molar-refractivity contribution < 1.29 is 0 Å². The van der Waals surface area contributed by atoms with Gasteiger partial charge in [-0.2, -0.15) is 5.26 Å². The molecule has 2 heteroatoms. The van der Waals surface area contributed by atoms with Gasteiger partial charge in [0.1, 0.15) is 6.07 Å². The maximum absolute atomic E-state index is 9.03. The molecule has 0 amide bonds. The fraction of sp³-hybridized carbons (Fsp3) is 0.0714. The molecule has 2 rings (SSSR count). The van der Waals surface area contributed by atoms with Crippen LogP contribution >= 0.6 is 0 Å². The average Bonchev–Trinajstić information content (AvgIpc) is 2.33. The first kappa shape index (κ1) is 10.3. The van der Waals surface area contributed by atoms with Gasteiger partial charge >= 0.3 is 0 Å². The molecule has 0 aliphatic heterocycles. The van der Waals surface area contributed by atoms with Crippen molar-refractivity contribution in [2.45, 2.75) is 6.92 Å². The number of rotatable bonds is 2. The standard InChI is InChI=1S/C14H12N2/c1-11-7-8-14(12(9-11)10-15)16-13-5-3-2-4-6-13/h2-9,16H,1H3. The number of para-hydroxylation sites is 1. The van der Waals surface area contributed by atoms with Gasteiger partial charge < -0.3 is 5.32 Å². The Morgan fingerprint density at radius 2 is 1.81 bits per heavy atom. The van der Waals surface area contributed by atoms with E-state index in [4.69, 9.17) is 5.26 Å². The molecule has 0 fully saturated rings. The lowest BCUT2D eigenvalue weighted by Crippen LogP contribution is -1.93. The van der Waals surface area contributed by atoms with Crippen LogP contribution in [0, 0.1) is 18.3 Å². The van der Waals surface area contributed by atoms with E-state index in [1.807, 2.05) is 55.5 Å². The number of nitriles is 1. The van der Waals surface area contributed by atoms with Crippen LogP contribution in [-0.2, 0) is 0 Å². The van der Waals surface area contributed by atoms with Crippen LogP contribution in [0.1, 0.15) is 11.1 Å². The summed E-state index contributed by atoms with van der Waals surface area (Å²) in [5.74, 6) is 0. The van der Waals surface area contributed by atoms with Gasteiger partial charge in [-0.25, -0.2) is 0 Å². The second-order valence-electron chi connectivity index (χ2n) is 3.65. The minimum absolute atomic E-state index is 0.670. The lowest BCUT2D eigenvalue weighted by atomic mass is 10.1. The lowest BCUT2D eigenvalue weighted by molar-refractivity contribution is 1.40. The van der Waals surface area contributed by atoms with Gasteiger partial charge in [0.2, 0.25) is 0 Å². The zero-order valence-corrected chi connectivity index (χ0v) is 9.07. The molecule has 2 aromatic rings. The summed E-state index contributed by atoms with van der Waals surface area (Å²) in [5, 5.41) is 12.3. The van der Waals surface area contributed by atoms with E-state index in [-0.39, 0.29) is 0 Å². The normalized spacial score (nSPS) is 9.50. The number of benzene rings is 2. The van der Waals surface area contributed by atoms with Crippen LogP contribution in [0.2, 0.25) is 0 Å². The van der Waals surface area contributed by atoms with E-state index in [0.717, 1.165) is 16.9 Å². The van der Waals surface area contributed by atoms with Crippen molar-refractivity contribution in [3.05, 3.63) is 59.7 Å². The monoisotopic (exact) mass is 208 g/mol. The van der Waals surface area contributed by atoms with Crippen molar-refractivity contribution in [3.8, 4) is 6.07 Å². The summed E-state index contributed by atoms with van der Waals surface area (Å²) in [7, 11) is 0. The number of hydrogen-bond acceptors (Lipinski definition) is 2. The van der Waals surface area contributed by atoms with Gasteiger partial charge in [0.15, 0.2) is 0 Å². The Morgan fingerprint density at radius 1 is 1.06 bits per heavy atom. The quantitative estimate of drug-likeness (QED) is 0.818. The largest absolute Gasteiger partial charge is 0.354 e. The van der Waals surface area contributed by atoms with Gasteiger partial charge in [0.25, 0.3) is 0 Å². The third-order valence-corrected chi connectivity index (χ3v) is 2.35. The number of nitrogens with zero attached hydrogens (tertiary/aromatic N) is 1. The lowest BCUT2D eigenvalue weighted by Gasteiger charge is -2.08. The van der Waals surface area contributed by atoms with Gasteiger partial charge in [0.05, 0.1) is 11.3 Å². The molecule has 16 heavy (non-hydrogen) atoms. The van der Waals surface area contributed by atoms with Crippen molar-refractivity contribution in [2.24, 2.45) is 0 Å². The van der Waals surface area contributed by atoms with E-state index in [1.54, 1.807) is 0 Å². The molecule has 0 saturated heterocycles. The smallest absolute Gasteiger partial charge is 0.101 e. The molecule has 0 bridgehead atoms. The minimum Gasteiger partial charge on any atom is -0.354 e. The van der Waals surface area contributed by atoms with Gasteiger partial charge in [-0.1, -0.05) is 24.3 Å². The van der Waals surface area contributed by atoms with Gasteiger partial charge in [0, 0.05) is 5.69 Å². The van der Waals surface area contributed by atoms with E-state index in [9.17, 15) is 0 Å². The predicted octanol–water partition coefficient (Wildman–Crippen LogP) is 3.61. The van der Waals surface area contributed by atoms with E-state index in [1.165, 1.54) is 0 Å².